The summed E-state index contributed by atoms with van der Waals surface area (Å²) in [6.07, 6.45) is -5.00. The first-order chi connectivity index (χ1) is 32.1. The normalized spacial score (nSPS) is 24.7. The lowest BCUT2D eigenvalue weighted by atomic mass is 9.95. The number of benzene rings is 3. The van der Waals surface area contributed by atoms with Gasteiger partial charge in [-0.3, -0.25) is 28.8 Å². The van der Waals surface area contributed by atoms with Crippen molar-refractivity contribution in [2.24, 2.45) is 0 Å². The summed E-state index contributed by atoms with van der Waals surface area (Å²) in [7, 11) is 1.56. The summed E-state index contributed by atoms with van der Waals surface area (Å²) in [5, 5.41) is 5.70. The molecule has 0 saturated carbocycles. The van der Waals surface area contributed by atoms with Crippen LogP contribution in [0.3, 0.4) is 0 Å². The summed E-state index contributed by atoms with van der Waals surface area (Å²) in [6, 6.07) is 20.9. The second-order valence-electron chi connectivity index (χ2n) is 15.3. The lowest BCUT2D eigenvalue weighted by Gasteiger charge is -2.45. The number of amides is 2. The average Bonchev–Trinajstić information content (AvgIpc) is 3.27. The number of nitrogens with one attached hydrogen (secondary N) is 2. The predicted octanol–water partition coefficient (Wildman–Crippen LogP) is 3.66. The highest BCUT2D eigenvalue weighted by Gasteiger charge is 2.52. The van der Waals surface area contributed by atoms with Crippen molar-refractivity contribution in [3.05, 3.63) is 102 Å². The van der Waals surface area contributed by atoms with Crippen molar-refractivity contribution in [2.45, 2.75) is 107 Å². The Morgan fingerprint density at radius 1 is 0.657 bits per heavy atom. The molecule has 0 radical (unpaired) electrons. The van der Waals surface area contributed by atoms with Crippen LogP contribution in [0.2, 0.25) is 0 Å². The second-order valence-corrected chi connectivity index (χ2v) is 16.5. The average molecular weight is 952 g/mol. The molecule has 0 aliphatic carbocycles. The van der Waals surface area contributed by atoms with Gasteiger partial charge < -0.3 is 63.7 Å². The first-order valence-corrected chi connectivity index (χ1v) is 22.2. The molecule has 2 fully saturated rings. The van der Waals surface area contributed by atoms with E-state index in [4.69, 9.17) is 53.1 Å². The number of para-hydroxylation sites is 1. The highest BCUT2D eigenvalue weighted by atomic mass is 32.2. The van der Waals surface area contributed by atoms with Crippen LogP contribution in [0.15, 0.2) is 95.9 Å². The SMILES string of the molecule is COc1ccc(S[C@@H]2OC(COCc3ccccc3)[C@H](OC(C)=O)[C@H](OCC=CCO[C@@H]3C(NC(=O)c4ccccc4N)[C@@H](OC(C)=O)OC(COC(C)=O)[C@@H]3OC(C)=O)C2NC(C)=O)cc1. The van der Waals surface area contributed by atoms with Gasteiger partial charge in [-0.25, -0.2) is 0 Å². The number of hydrogen-bond donors (Lipinski definition) is 3. The van der Waals surface area contributed by atoms with Crippen LogP contribution in [0.1, 0.15) is 50.5 Å². The van der Waals surface area contributed by atoms with Crippen molar-refractivity contribution < 1.29 is 76.1 Å². The standard InChI is InChI=1S/C47H57N3O16S/c1-27(51)49-40-44(41(62-29(3)53)37(25-58-24-32-14-8-7-9-15-32)66-47(40)67-34-20-18-33(57-6)19-21-34)60-23-13-12-22-59-43-39(50-45(56)35-16-10-11-17-36(35)48)46(64-31(5)55)65-38(26-61-28(2)52)42(43)63-30(4)54/h7-21,37-44,46-47H,22-26,48H2,1-6H3,(H,49,51)(H,50,56)/t37?,38?,39?,40?,41-,42-,43+,44+,46-,47-/m0/s1. The zero-order valence-electron chi connectivity index (χ0n) is 38.0. The Labute approximate surface area is 392 Å². The van der Waals surface area contributed by atoms with E-state index >= 15 is 0 Å². The molecule has 2 aliphatic rings. The topological polar surface area (TPSA) is 245 Å². The van der Waals surface area contributed by atoms with Gasteiger partial charge in [0.15, 0.2) is 12.2 Å². The molecule has 2 heterocycles. The minimum Gasteiger partial charge on any atom is -0.497 e. The number of nitrogen functional groups attached to an aromatic ring is 1. The van der Waals surface area contributed by atoms with Crippen LogP contribution in [0, 0.1) is 0 Å². The van der Waals surface area contributed by atoms with Crippen LogP contribution in [0.4, 0.5) is 5.69 Å². The Bertz CT molecular complexity index is 2160. The second kappa shape index (κ2) is 25.8. The number of ether oxygens (including phenoxy) is 10. The van der Waals surface area contributed by atoms with Gasteiger partial charge in [-0.15, -0.1) is 0 Å². The Hall–Kier alpha value is -6.03. The van der Waals surface area contributed by atoms with Crippen LogP contribution in [-0.2, 0) is 73.2 Å². The smallest absolute Gasteiger partial charge is 0.305 e. The van der Waals surface area contributed by atoms with Gasteiger partial charge >= 0.3 is 23.9 Å². The lowest BCUT2D eigenvalue weighted by molar-refractivity contribution is -0.272. The summed E-state index contributed by atoms with van der Waals surface area (Å²) < 4.78 is 59.1. The zero-order valence-corrected chi connectivity index (χ0v) is 38.8. The Balaban J connectivity index is 1.41. The molecule has 4 N–H and O–H groups in total. The molecule has 0 bridgehead atoms. The van der Waals surface area contributed by atoms with Crippen molar-refractivity contribution in [3.63, 3.8) is 0 Å². The molecule has 10 atom stereocenters. The number of rotatable bonds is 21. The van der Waals surface area contributed by atoms with E-state index in [1.54, 1.807) is 43.5 Å². The number of hydrogen-bond acceptors (Lipinski definition) is 18. The molecule has 5 rings (SSSR count). The number of carbonyl (C=O) groups excluding carboxylic acids is 6. The van der Waals surface area contributed by atoms with Crippen LogP contribution in [0.5, 0.6) is 5.75 Å². The molecule has 2 saturated heterocycles. The molecule has 0 aromatic heterocycles. The first kappa shape index (κ1) is 51.9. The fraction of sp³-hybridized carbons (Fsp3) is 0.447. The molecule has 2 aliphatic heterocycles. The predicted molar refractivity (Wildman–Crippen MR) is 240 cm³/mol. The van der Waals surface area contributed by atoms with E-state index in [0.29, 0.717) is 5.75 Å². The van der Waals surface area contributed by atoms with Gasteiger partial charge in [-0.05, 0) is 42.0 Å². The summed E-state index contributed by atoms with van der Waals surface area (Å²) in [4.78, 5) is 76.6. The van der Waals surface area contributed by atoms with Crippen molar-refractivity contribution in [2.75, 3.05) is 39.3 Å². The number of nitrogens with two attached hydrogens (primary N) is 1. The fourth-order valence-electron chi connectivity index (χ4n) is 7.30. The third kappa shape index (κ3) is 15.8. The van der Waals surface area contributed by atoms with Crippen molar-refractivity contribution in [3.8, 4) is 5.75 Å². The van der Waals surface area contributed by atoms with Crippen LogP contribution in [-0.4, -0.2) is 130 Å². The quantitative estimate of drug-likeness (QED) is 0.0597. The molecule has 4 unspecified atom stereocenters. The highest BCUT2D eigenvalue weighted by Crippen LogP contribution is 2.37. The third-order valence-electron chi connectivity index (χ3n) is 10.1. The maximum atomic E-state index is 13.7. The third-order valence-corrected chi connectivity index (χ3v) is 11.3. The van der Waals surface area contributed by atoms with Gasteiger partial charge in [0.1, 0.15) is 48.3 Å². The molecule has 2 amide bonds. The molecule has 3 aromatic rings. The van der Waals surface area contributed by atoms with Gasteiger partial charge in [-0.2, -0.15) is 0 Å². The summed E-state index contributed by atoms with van der Waals surface area (Å²) >= 11 is 1.32. The van der Waals surface area contributed by atoms with E-state index in [1.165, 1.54) is 44.7 Å². The van der Waals surface area contributed by atoms with Crippen LogP contribution < -0.4 is 21.1 Å². The lowest BCUT2D eigenvalue weighted by Crippen LogP contribution is -2.66. The zero-order chi connectivity index (χ0) is 48.5. The van der Waals surface area contributed by atoms with E-state index < -0.39 is 96.8 Å². The monoisotopic (exact) mass is 951 g/mol. The first-order valence-electron chi connectivity index (χ1n) is 21.3. The van der Waals surface area contributed by atoms with E-state index in [-0.39, 0.29) is 43.6 Å². The maximum Gasteiger partial charge on any atom is 0.305 e. The molecule has 19 nitrogen and oxygen atoms in total. The fourth-order valence-corrected chi connectivity index (χ4v) is 8.43. The summed E-state index contributed by atoms with van der Waals surface area (Å²) in [5.74, 6) is -3.22. The largest absolute Gasteiger partial charge is 0.497 e. The minimum absolute atomic E-state index is 0.00119. The maximum absolute atomic E-state index is 13.7. The number of esters is 4. The van der Waals surface area contributed by atoms with E-state index in [2.05, 4.69) is 10.6 Å². The van der Waals surface area contributed by atoms with E-state index in [9.17, 15) is 28.8 Å². The van der Waals surface area contributed by atoms with Gasteiger partial charge in [0.2, 0.25) is 12.2 Å². The van der Waals surface area contributed by atoms with Gasteiger partial charge in [0.25, 0.3) is 5.91 Å². The summed E-state index contributed by atoms with van der Waals surface area (Å²) in [6.45, 7) is 5.57. The van der Waals surface area contributed by atoms with Gasteiger partial charge in [-0.1, -0.05) is 66.4 Å². The summed E-state index contributed by atoms with van der Waals surface area (Å²) in [5.41, 5.74) is 6.50. The minimum atomic E-state index is -1.51. The Kier molecular flexibility index (Phi) is 20.0. The number of carbonyl (C=O) groups is 6. The van der Waals surface area contributed by atoms with Crippen LogP contribution in [0.25, 0.3) is 0 Å². The molecular weight excluding hydrogens is 895 g/mol. The highest BCUT2D eigenvalue weighted by molar-refractivity contribution is 7.99. The van der Waals surface area contributed by atoms with Crippen LogP contribution >= 0.6 is 11.8 Å². The van der Waals surface area contributed by atoms with E-state index in [0.717, 1.165) is 24.3 Å². The molecule has 362 valence electrons. The number of methoxy groups -OCH3 is 1. The Morgan fingerprint density at radius 2 is 1.24 bits per heavy atom. The molecule has 3 aromatic carbocycles. The number of anilines is 1. The number of thioether (sulfide) groups is 1. The van der Waals surface area contributed by atoms with Gasteiger partial charge in [0, 0.05) is 45.2 Å². The molecule has 20 heteroatoms. The van der Waals surface area contributed by atoms with Crippen molar-refractivity contribution >= 4 is 53.1 Å². The molecule has 67 heavy (non-hydrogen) atoms. The Morgan fingerprint density at radius 3 is 1.81 bits per heavy atom. The molecular formula is C47H57N3O16S. The van der Waals surface area contributed by atoms with Crippen molar-refractivity contribution in [1.29, 1.82) is 0 Å². The molecule has 0 spiro atoms. The van der Waals surface area contributed by atoms with Crippen molar-refractivity contribution in [1.82, 2.24) is 10.6 Å². The van der Waals surface area contributed by atoms with Gasteiger partial charge in [0.05, 0.1) is 45.1 Å². The van der Waals surface area contributed by atoms with E-state index in [1.807, 2.05) is 42.5 Å².